The van der Waals surface area contributed by atoms with Crippen LogP contribution in [0.15, 0.2) is 180 Å². The highest BCUT2D eigenvalue weighted by Gasteiger charge is 2.40. The highest BCUT2D eigenvalue weighted by molar-refractivity contribution is 6.19. The summed E-state index contributed by atoms with van der Waals surface area (Å²) in [4.78, 5) is 0. The number of ether oxygens (including phenoxy) is 1. The van der Waals surface area contributed by atoms with Crippen molar-refractivity contribution in [1.29, 1.82) is 0 Å². The Morgan fingerprint density at radius 1 is 0.394 bits per heavy atom. The molecule has 2 atom stereocenters. The molecule has 0 spiro atoms. The number of allylic oxidation sites excluding steroid dienone is 1. The summed E-state index contributed by atoms with van der Waals surface area (Å²) in [6.45, 7) is 0. The number of furan rings is 5. The summed E-state index contributed by atoms with van der Waals surface area (Å²) in [7, 11) is 0. The molecule has 6 heteroatoms. The predicted molar refractivity (Wildman–Crippen MR) is 263 cm³/mol. The fraction of sp³-hybridized carbons (Fsp3) is 0.0667. The number of fused-ring (bicyclic) bond motifs is 21. The van der Waals surface area contributed by atoms with Gasteiger partial charge in [-0.05, 0) is 131 Å². The Kier molecular flexibility index (Phi) is 6.68. The molecule has 0 saturated carbocycles. The van der Waals surface area contributed by atoms with Crippen molar-refractivity contribution in [2.24, 2.45) is 0 Å². The lowest BCUT2D eigenvalue weighted by atomic mass is 9.86. The number of hydrogen-bond acceptors (Lipinski definition) is 6. The fourth-order valence-corrected chi connectivity index (χ4v) is 11.3. The molecule has 0 amide bonds. The van der Waals surface area contributed by atoms with E-state index < -0.39 is 0 Å². The van der Waals surface area contributed by atoms with Gasteiger partial charge >= 0.3 is 0 Å². The summed E-state index contributed by atoms with van der Waals surface area (Å²) in [6.07, 6.45) is 10.6. The van der Waals surface area contributed by atoms with Crippen molar-refractivity contribution in [3.05, 3.63) is 186 Å². The SMILES string of the molecule is C1=Cc2c(oc3c2ccc2c4cc(-c5cc(-c6ccc7c(c6)C6C=Cc8c(oc9ccccc89)C6O7)cc(-c6ccc7oc8c(ccc9c%10ccccc%10oc98)c7c6)c5)ccc4oc23)CC1. The van der Waals surface area contributed by atoms with Crippen molar-refractivity contribution in [3.8, 4) is 39.1 Å². The van der Waals surface area contributed by atoms with E-state index in [1.54, 1.807) is 0 Å². The minimum atomic E-state index is -0.220. The highest BCUT2D eigenvalue weighted by Crippen LogP contribution is 2.53. The Morgan fingerprint density at radius 2 is 0.955 bits per heavy atom. The van der Waals surface area contributed by atoms with Crippen LogP contribution in [0.4, 0.5) is 0 Å². The summed E-state index contributed by atoms with van der Waals surface area (Å²) < 4.78 is 39.2. The van der Waals surface area contributed by atoms with E-state index in [4.69, 9.17) is 26.8 Å². The monoisotopic (exact) mass is 850 g/mol. The molecular formula is C60H34O6. The number of rotatable bonds is 3. The Bertz CT molecular complexity index is 4350. The Labute approximate surface area is 375 Å². The van der Waals surface area contributed by atoms with Gasteiger partial charge in [-0.1, -0.05) is 78.9 Å². The first kappa shape index (κ1) is 34.9. The molecule has 2 aliphatic carbocycles. The molecular weight excluding hydrogens is 817 g/mol. The van der Waals surface area contributed by atoms with Crippen LogP contribution in [0, 0.1) is 0 Å². The van der Waals surface area contributed by atoms with Gasteiger partial charge in [-0.25, -0.2) is 0 Å². The molecule has 2 unspecified atom stereocenters. The van der Waals surface area contributed by atoms with Crippen LogP contribution >= 0.6 is 0 Å². The molecule has 0 bridgehead atoms. The average molecular weight is 851 g/mol. The number of para-hydroxylation sites is 2. The minimum Gasteiger partial charge on any atom is -0.481 e. The molecule has 13 aromatic rings. The smallest absolute Gasteiger partial charge is 0.178 e. The van der Waals surface area contributed by atoms with E-state index in [1.807, 2.05) is 30.3 Å². The summed E-state index contributed by atoms with van der Waals surface area (Å²) in [5.74, 6) is 2.84. The molecule has 3 aliphatic rings. The molecule has 1 aliphatic heterocycles. The molecule has 0 fully saturated rings. The zero-order valence-corrected chi connectivity index (χ0v) is 35.2. The first-order valence-corrected chi connectivity index (χ1v) is 22.7. The van der Waals surface area contributed by atoms with E-state index in [-0.39, 0.29) is 12.0 Å². The summed E-state index contributed by atoms with van der Waals surface area (Å²) in [6, 6.07) is 51.7. The van der Waals surface area contributed by atoms with Gasteiger partial charge in [0.15, 0.2) is 34.2 Å². The number of benzene rings is 8. The molecule has 0 N–H and O–H groups in total. The van der Waals surface area contributed by atoms with Crippen LogP contribution in [0.25, 0.3) is 133 Å². The third-order valence-electron chi connectivity index (χ3n) is 14.5. The third kappa shape index (κ3) is 4.74. The van der Waals surface area contributed by atoms with Gasteiger partial charge in [0, 0.05) is 66.2 Å². The predicted octanol–water partition coefficient (Wildman–Crippen LogP) is 17.1. The zero-order chi connectivity index (χ0) is 42.8. The van der Waals surface area contributed by atoms with Crippen LogP contribution in [0.2, 0.25) is 0 Å². The zero-order valence-electron chi connectivity index (χ0n) is 35.2. The first-order valence-electron chi connectivity index (χ1n) is 22.7. The lowest BCUT2D eigenvalue weighted by Gasteiger charge is -2.18. The van der Waals surface area contributed by atoms with Gasteiger partial charge in [0.25, 0.3) is 0 Å². The standard InChI is InChI=1S/C60H34O6/c1-4-10-49-37(7-1)40-16-19-43-46-28-31(13-22-52(46)64-58(43)55(40)61-49)34-25-35(32-14-23-53-47(29-32)44-20-17-41-38-8-2-5-11-50(38)62-56(41)59(44)65-53)27-36(26-34)33-15-24-54-48(30-33)45-21-18-42-39-9-3-6-12-51(39)63-57(42)60(45)66-54/h1-5,7-11,13-30,43,58H,6,12H2. The van der Waals surface area contributed by atoms with Crippen LogP contribution in [-0.4, -0.2) is 0 Å². The van der Waals surface area contributed by atoms with Gasteiger partial charge in [0.1, 0.15) is 33.8 Å². The van der Waals surface area contributed by atoms with Gasteiger partial charge < -0.3 is 26.8 Å². The second-order valence-corrected chi connectivity index (χ2v) is 18.1. The fourth-order valence-electron chi connectivity index (χ4n) is 11.3. The van der Waals surface area contributed by atoms with E-state index >= 15 is 0 Å². The van der Waals surface area contributed by atoms with Gasteiger partial charge in [0.2, 0.25) is 0 Å². The van der Waals surface area contributed by atoms with E-state index in [9.17, 15) is 0 Å². The van der Waals surface area contributed by atoms with Crippen LogP contribution in [0.1, 0.15) is 46.7 Å². The van der Waals surface area contributed by atoms with E-state index in [0.717, 1.165) is 162 Å². The lowest BCUT2D eigenvalue weighted by Crippen LogP contribution is -2.11. The molecule has 0 radical (unpaired) electrons. The minimum absolute atomic E-state index is 0.0321. The highest BCUT2D eigenvalue weighted by atomic mass is 16.5. The molecule has 16 rings (SSSR count). The van der Waals surface area contributed by atoms with Crippen molar-refractivity contribution in [2.45, 2.75) is 24.9 Å². The Balaban J connectivity index is 0.864. The van der Waals surface area contributed by atoms with Crippen molar-refractivity contribution in [1.82, 2.24) is 0 Å². The molecule has 6 heterocycles. The second kappa shape index (κ2) is 12.6. The average Bonchev–Trinajstić information content (AvgIpc) is 4.22. The van der Waals surface area contributed by atoms with Gasteiger partial charge in [-0.3, -0.25) is 0 Å². The van der Waals surface area contributed by atoms with Gasteiger partial charge in [-0.2, -0.15) is 0 Å². The summed E-state index contributed by atoms with van der Waals surface area (Å²) >= 11 is 0. The van der Waals surface area contributed by atoms with Crippen molar-refractivity contribution in [2.75, 3.05) is 0 Å². The van der Waals surface area contributed by atoms with Crippen LogP contribution < -0.4 is 4.74 Å². The number of aryl methyl sites for hydroxylation is 1. The van der Waals surface area contributed by atoms with Crippen LogP contribution in [-0.2, 0) is 6.42 Å². The number of hydrogen-bond donors (Lipinski definition) is 0. The Morgan fingerprint density at radius 3 is 1.65 bits per heavy atom. The van der Waals surface area contributed by atoms with E-state index in [1.165, 1.54) is 5.56 Å². The van der Waals surface area contributed by atoms with Crippen LogP contribution in [0.5, 0.6) is 5.75 Å². The van der Waals surface area contributed by atoms with Gasteiger partial charge in [0.05, 0.1) is 5.92 Å². The quantitative estimate of drug-likeness (QED) is 0.176. The molecule has 6 nitrogen and oxygen atoms in total. The maximum Gasteiger partial charge on any atom is 0.178 e. The normalized spacial score (nSPS) is 16.4. The van der Waals surface area contributed by atoms with Crippen molar-refractivity contribution in [3.63, 3.8) is 0 Å². The topological polar surface area (TPSA) is 74.9 Å². The molecule has 8 aromatic carbocycles. The maximum atomic E-state index is 6.70. The molecule has 66 heavy (non-hydrogen) atoms. The molecule has 310 valence electrons. The van der Waals surface area contributed by atoms with E-state index in [0.29, 0.717) is 0 Å². The maximum absolute atomic E-state index is 6.70. The summed E-state index contributed by atoms with van der Waals surface area (Å²) in [5, 5.41) is 8.51. The summed E-state index contributed by atoms with van der Waals surface area (Å²) in [5.41, 5.74) is 16.5. The lowest BCUT2D eigenvalue weighted by molar-refractivity contribution is 0.193. The second-order valence-electron chi connectivity index (χ2n) is 18.1. The van der Waals surface area contributed by atoms with E-state index in [2.05, 4.69) is 140 Å². The molecule has 0 saturated heterocycles. The van der Waals surface area contributed by atoms with Crippen molar-refractivity contribution < 1.29 is 26.8 Å². The first-order chi connectivity index (χ1) is 32.6. The van der Waals surface area contributed by atoms with Crippen LogP contribution in [0.3, 0.4) is 0 Å². The Hall–Kier alpha value is -8.48. The van der Waals surface area contributed by atoms with Crippen molar-refractivity contribution >= 4 is 99.9 Å². The molecule has 5 aromatic heterocycles. The third-order valence-corrected chi connectivity index (χ3v) is 14.5. The largest absolute Gasteiger partial charge is 0.481 e. The van der Waals surface area contributed by atoms with Gasteiger partial charge in [-0.15, -0.1) is 0 Å².